The summed E-state index contributed by atoms with van der Waals surface area (Å²) in [4.78, 5) is 27.8. The van der Waals surface area contributed by atoms with E-state index in [1.54, 1.807) is 24.8 Å². The molecule has 6 heteroatoms. The quantitative estimate of drug-likeness (QED) is 0.876. The second-order valence-corrected chi connectivity index (χ2v) is 6.89. The number of nitrogens with two attached hydrogens (primary N) is 1. The fourth-order valence-electron chi connectivity index (χ4n) is 2.73. The molecule has 1 aliphatic heterocycles. The number of rotatable bonds is 5. The Kier molecular flexibility index (Phi) is 5.58. The maximum Gasteiger partial charge on any atom is 0.223 e. The fraction of sp³-hybridized carbons (Fsp3) is 0.500. The Bertz CT molecular complexity index is 655. The summed E-state index contributed by atoms with van der Waals surface area (Å²) in [5, 5.41) is 8.95. The first-order valence-corrected chi connectivity index (χ1v) is 8.11. The van der Waals surface area contributed by atoms with E-state index >= 15 is 0 Å². The van der Waals surface area contributed by atoms with Crippen molar-refractivity contribution in [1.82, 2.24) is 9.80 Å². The lowest BCUT2D eigenvalue weighted by Gasteiger charge is -2.36. The van der Waals surface area contributed by atoms with Gasteiger partial charge in [-0.3, -0.25) is 14.5 Å². The van der Waals surface area contributed by atoms with E-state index in [0.29, 0.717) is 18.7 Å². The Hall–Kier alpha value is -2.39. The summed E-state index contributed by atoms with van der Waals surface area (Å²) >= 11 is 0. The van der Waals surface area contributed by atoms with Gasteiger partial charge in [-0.15, -0.1) is 0 Å². The summed E-state index contributed by atoms with van der Waals surface area (Å²) in [6.07, 6.45) is 0.145. The van der Waals surface area contributed by atoms with Crippen molar-refractivity contribution in [2.45, 2.75) is 26.8 Å². The lowest BCUT2D eigenvalue weighted by molar-refractivity contribution is -0.139. The number of amides is 2. The molecule has 1 fully saturated rings. The Balaban J connectivity index is 1.86. The van der Waals surface area contributed by atoms with Crippen molar-refractivity contribution in [2.24, 2.45) is 11.1 Å². The fourth-order valence-corrected chi connectivity index (χ4v) is 2.73. The molecule has 2 amide bonds. The maximum absolute atomic E-state index is 12.3. The molecule has 0 spiro atoms. The smallest absolute Gasteiger partial charge is 0.223 e. The topological polar surface area (TPSA) is 90.4 Å². The maximum atomic E-state index is 12.3. The van der Waals surface area contributed by atoms with Crippen LogP contribution >= 0.6 is 0 Å². The van der Waals surface area contributed by atoms with E-state index in [4.69, 9.17) is 11.0 Å². The van der Waals surface area contributed by atoms with Crippen molar-refractivity contribution in [2.75, 3.05) is 26.2 Å². The second-order valence-electron chi connectivity index (χ2n) is 6.89. The number of nitriles is 1. The highest BCUT2D eigenvalue weighted by molar-refractivity contribution is 5.87. The number of piperazine rings is 1. The average Bonchev–Trinajstić information content (AvgIpc) is 2.55. The standard InChI is InChI=1S/C18H24N4O2/c1-18(2,17(20)24)11-16(23)22-8-6-21(7-9-22)13-15-5-3-4-14(10-15)12-19/h3-5,10H,6-9,11,13H2,1-2H3,(H2,20,24). The van der Waals surface area contributed by atoms with Gasteiger partial charge in [0.05, 0.1) is 17.0 Å². The van der Waals surface area contributed by atoms with Crippen LogP contribution in [0.3, 0.4) is 0 Å². The summed E-state index contributed by atoms with van der Waals surface area (Å²) in [5.41, 5.74) is 6.29. The van der Waals surface area contributed by atoms with Crippen LogP contribution in [-0.2, 0) is 16.1 Å². The summed E-state index contributed by atoms with van der Waals surface area (Å²) < 4.78 is 0. The van der Waals surface area contributed by atoms with Gasteiger partial charge < -0.3 is 10.6 Å². The van der Waals surface area contributed by atoms with E-state index in [2.05, 4.69) is 11.0 Å². The van der Waals surface area contributed by atoms with Crippen LogP contribution in [0, 0.1) is 16.7 Å². The molecule has 1 saturated heterocycles. The van der Waals surface area contributed by atoms with Gasteiger partial charge >= 0.3 is 0 Å². The van der Waals surface area contributed by atoms with Gasteiger partial charge in [0.15, 0.2) is 0 Å². The molecule has 0 atom stereocenters. The van der Waals surface area contributed by atoms with E-state index in [0.717, 1.165) is 25.2 Å². The van der Waals surface area contributed by atoms with Crippen molar-refractivity contribution in [1.29, 1.82) is 5.26 Å². The third kappa shape index (κ3) is 4.56. The monoisotopic (exact) mass is 328 g/mol. The molecule has 0 saturated carbocycles. The number of benzene rings is 1. The van der Waals surface area contributed by atoms with Crippen LogP contribution in [0.5, 0.6) is 0 Å². The third-order valence-electron chi connectivity index (χ3n) is 4.45. The van der Waals surface area contributed by atoms with Crippen LogP contribution in [0.15, 0.2) is 24.3 Å². The molecule has 2 rings (SSSR count). The van der Waals surface area contributed by atoms with Crippen LogP contribution in [0.1, 0.15) is 31.4 Å². The SMILES string of the molecule is CC(C)(CC(=O)N1CCN(Cc2cccc(C#N)c2)CC1)C(N)=O. The number of carbonyl (C=O) groups excluding carboxylic acids is 2. The second kappa shape index (κ2) is 7.45. The van der Waals surface area contributed by atoms with Crippen LogP contribution in [0.2, 0.25) is 0 Å². The van der Waals surface area contributed by atoms with Gasteiger partial charge in [-0.1, -0.05) is 26.0 Å². The van der Waals surface area contributed by atoms with E-state index in [1.165, 1.54) is 0 Å². The van der Waals surface area contributed by atoms with Gasteiger partial charge in [0, 0.05) is 39.1 Å². The Morgan fingerprint density at radius 1 is 1.25 bits per heavy atom. The van der Waals surface area contributed by atoms with Gasteiger partial charge in [-0.05, 0) is 17.7 Å². The lowest BCUT2D eigenvalue weighted by atomic mass is 9.88. The molecular weight excluding hydrogens is 304 g/mol. The van der Waals surface area contributed by atoms with Crippen LogP contribution < -0.4 is 5.73 Å². The predicted molar refractivity (Wildman–Crippen MR) is 90.6 cm³/mol. The first-order valence-electron chi connectivity index (χ1n) is 8.11. The molecule has 1 heterocycles. The normalized spacial score (nSPS) is 15.8. The summed E-state index contributed by atoms with van der Waals surface area (Å²) in [7, 11) is 0. The largest absolute Gasteiger partial charge is 0.369 e. The van der Waals surface area contributed by atoms with Crippen molar-refractivity contribution < 1.29 is 9.59 Å². The summed E-state index contributed by atoms with van der Waals surface area (Å²) in [5.74, 6) is -0.475. The molecule has 0 radical (unpaired) electrons. The van der Waals surface area contributed by atoms with Gasteiger partial charge in [0.1, 0.15) is 0 Å². The van der Waals surface area contributed by atoms with E-state index in [-0.39, 0.29) is 12.3 Å². The third-order valence-corrected chi connectivity index (χ3v) is 4.45. The van der Waals surface area contributed by atoms with Crippen molar-refractivity contribution in [3.8, 4) is 6.07 Å². The average molecular weight is 328 g/mol. The predicted octanol–water partition coefficient (Wildman–Crippen LogP) is 1.10. The Morgan fingerprint density at radius 3 is 2.50 bits per heavy atom. The van der Waals surface area contributed by atoms with E-state index < -0.39 is 11.3 Å². The molecule has 6 nitrogen and oxygen atoms in total. The molecule has 0 aliphatic carbocycles. The molecule has 0 bridgehead atoms. The van der Waals surface area contributed by atoms with Gasteiger partial charge in [-0.25, -0.2) is 0 Å². The van der Waals surface area contributed by atoms with Gasteiger partial charge in [-0.2, -0.15) is 5.26 Å². The number of nitrogens with zero attached hydrogens (tertiary/aromatic N) is 3. The van der Waals surface area contributed by atoms with E-state index in [9.17, 15) is 9.59 Å². The van der Waals surface area contributed by atoms with Gasteiger partial charge in [0.25, 0.3) is 0 Å². The lowest BCUT2D eigenvalue weighted by Crippen LogP contribution is -2.49. The van der Waals surface area contributed by atoms with Crippen molar-refractivity contribution in [3.05, 3.63) is 35.4 Å². The minimum absolute atomic E-state index is 0.0232. The molecule has 2 N–H and O–H groups in total. The van der Waals surface area contributed by atoms with Gasteiger partial charge in [0.2, 0.25) is 11.8 Å². The van der Waals surface area contributed by atoms with Crippen LogP contribution in [-0.4, -0.2) is 47.8 Å². The number of primary amides is 1. The Morgan fingerprint density at radius 2 is 1.92 bits per heavy atom. The highest BCUT2D eigenvalue weighted by Gasteiger charge is 2.31. The molecule has 1 aromatic carbocycles. The highest BCUT2D eigenvalue weighted by Crippen LogP contribution is 2.21. The minimum Gasteiger partial charge on any atom is -0.369 e. The van der Waals surface area contributed by atoms with Crippen LogP contribution in [0.4, 0.5) is 0 Å². The van der Waals surface area contributed by atoms with Crippen molar-refractivity contribution in [3.63, 3.8) is 0 Å². The summed E-state index contributed by atoms with van der Waals surface area (Å²) in [6.45, 7) is 7.01. The highest BCUT2D eigenvalue weighted by atomic mass is 16.2. The molecule has 24 heavy (non-hydrogen) atoms. The zero-order valence-electron chi connectivity index (χ0n) is 14.3. The number of hydrogen-bond donors (Lipinski definition) is 1. The molecule has 1 aromatic rings. The number of hydrogen-bond acceptors (Lipinski definition) is 4. The van der Waals surface area contributed by atoms with Crippen molar-refractivity contribution >= 4 is 11.8 Å². The van der Waals surface area contributed by atoms with E-state index in [1.807, 2.05) is 18.2 Å². The first-order chi connectivity index (χ1) is 11.3. The molecule has 1 aliphatic rings. The zero-order chi connectivity index (χ0) is 17.7. The zero-order valence-corrected chi connectivity index (χ0v) is 14.3. The molecule has 0 aromatic heterocycles. The first kappa shape index (κ1) is 18.0. The van der Waals surface area contributed by atoms with Crippen LogP contribution in [0.25, 0.3) is 0 Å². The minimum atomic E-state index is -0.814. The molecule has 0 unspecified atom stereocenters. The Labute approximate surface area is 142 Å². The molecular formula is C18H24N4O2. The molecule has 128 valence electrons. The number of carbonyl (C=O) groups is 2. The summed E-state index contributed by atoms with van der Waals surface area (Å²) in [6, 6.07) is 9.73.